The summed E-state index contributed by atoms with van der Waals surface area (Å²) in [7, 11) is 0. The molecule has 3 nitrogen and oxygen atoms in total. The van der Waals surface area contributed by atoms with Crippen molar-refractivity contribution >= 4 is 5.91 Å². The van der Waals surface area contributed by atoms with Gasteiger partial charge in [-0.3, -0.25) is 4.79 Å². The summed E-state index contributed by atoms with van der Waals surface area (Å²) in [6, 6.07) is 8.53. The van der Waals surface area contributed by atoms with Gasteiger partial charge in [0.2, 0.25) is 5.91 Å². The van der Waals surface area contributed by atoms with E-state index in [0.29, 0.717) is 18.9 Å². The van der Waals surface area contributed by atoms with Crippen molar-refractivity contribution < 1.29 is 4.79 Å². The minimum Gasteiger partial charge on any atom is -0.355 e. The van der Waals surface area contributed by atoms with E-state index < -0.39 is 0 Å². The average molecular weight is 286 g/mol. The molecule has 3 rings (SSSR count). The van der Waals surface area contributed by atoms with E-state index in [-0.39, 0.29) is 11.3 Å². The van der Waals surface area contributed by atoms with Gasteiger partial charge in [-0.2, -0.15) is 0 Å². The number of carbonyl (C=O) groups is 1. The molecule has 0 bridgehead atoms. The molecule has 2 aliphatic carbocycles. The Morgan fingerprint density at radius 2 is 2.00 bits per heavy atom. The quantitative estimate of drug-likeness (QED) is 0.874. The van der Waals surface area contributed by atoms with E-state index in [1.165, 1.54) is 30.4 Å². The summed E-state index contributed by atoms with van der Waals surface area (Å²) >= 11 is 0. The first kappa shape index (κ1) is 14.6. The molecule has 0 aromatic heterocycles. The average Bonchev–Trinajstić information content (AvgIpc) is 2.49. The molecule has 0 spiro atoms. The molecule has 0 radical (unpaired) electrons. The van der Waals surface area contributed by atoms with Crippen LogP contribution >= 0.6 is 0 Å². The predicted octanol–water partition coefficient (Wildman–Crippen LogP) is 2.74. The number of nitrogens with one attached hydrogen (secondary N) is 1. The number of carbonyl (C=O) groups excluding carboxylic acids is 1. The van der Waals surface area contributed by atoms with Crippen LogP contribution in [0, 0.1) is 5.41 Å². The van der Waals surface area contributed by atoms with Gasteiger partial charge in [0.15, 0.2) is 0 Å². The number of nitrogens with two attached hydrogens (primary N) is 1. The highest BCUT2D eigenvalue weighted by molar-refractivity contribution is 5.76. The predicted molar refractivity (Wildman–Crippen MR) is 85.1 cm³/mol. The van der Waals surface area contributed by atoms with Gasteiger partial charge in [-0.25, -0.2) is 0 Å². The first-order chi connectivity index (χ1) is 10.2. The molecule has 3 heteroatoms. The first-order valence-corrected chi connectivity index (χ1v) is 8.27. The van der Waals surface area contributed by atoms with Crippen LogP contribution in [0.2, 0.25) is 0 Å². The van der Waals surface area contributed by atoms with Crippen LogP contribution in [0.15, 0.2) is 24.3 Å². The summed E-state index contributed by atoms with van der Waals surface area (Å²) in [4.78, 5) is 12.3. The molecular weight excluding hydrogens is 260 g/mol. The van der Waals surface area contributed by atoms with Crippen LogP contribution < -0.4 is 11.1 Å². The smallest absolute Gasteiger partial charge is 0.220 e. The molecule has 0 aliphatic heterocycles. The first-order valence-electron chi connectivity index (χ1n) is 8.27. The molecule has 1 unspecified atom stereocenters. The van der Waals surface area contributed by atoms with Gasteiger partial charge in [-0.1, -0.05) is 43.5 Å². The third-order valence-corrected chi connectivity index (χ3v) is 5.39. The van der Waals surface area contributed by atoms with Crippen molar-refractivity contribution in [3.63, 3.8) is 0 Å². The van der Waals surface area contributed by atoms with Crippen LogP contribution in [0.5, 0.6) is 0 Å². The lowest BCUT2D eigenvalue weighted by molar-refractivity contribution is -0.124. The number of amides is 1. The maximum absolute atomic E-state index is 12.3. The second-order valence-corrected chi connectivity index (χ2v) is 6.85. The standard InChI is InChI=1S/C18H26N2O/c19-13-18(8-4-1-5-9-18)11-17(21)20-12-15-10-14-6-2-3-7-16(14)15/h2-3,6-7,15H,1,4-5,8-13,19H2,(H,20,21). The van der Waals surface area contributed by atoms with Gasteiger partial charge in [0.1, 0.15) is 0 Å². The van der Waals surface area contributed by atoms with Gasteiger partial charge in [-0.15, -0.1) is 0 Å². The molecule has 0 heterocycles. The van der Waals surface area contributed by atoms with E-state index in [9.17, 15) is 4.79 Å². The molecule has 1 atom stereocenters. The lowest BCUT2D eigenvalue weighted by Crippen LogP contribution is -2.40. The van der Waals surface area contributed by atoms with Crippen LogP contribution in [0.1, 0.15) is 55.6 Å². The molecular formula is C18H26N2O. The van der Waals surface area contributed by atoms with Crippen molar-refractivity contribution in [1.29, 1.82) is 0 Å². The monoisotopic (exact) mass is 286 g/mol. The minimum atomic E-state index is 0.0693. The Balaban J connectivity index is 1.49. The van der Waals surface area contributed by atoms with E-state index in [0.717, 1.165) is 25.8 Å². The molecule has 1 fully saturated rings. The molecule has 1 aromatic rings. The van der Waals surface area contributed by atoms with Crippen molar-refractivity contribution in [1.82, 2.24) is 5.32 Å². The Morgan fingerprint density at radius 3 is 2.71 bits per heavy atom. The Bertz CT molecular complexity index is 506. The molecule has 1 aromatic carbocycles. The van der Waals surface area contributed by atoms with Crippen molar-refractivity contribution in [2.24, 2.45) is 11.1 Å². The molecule has 21 heavy (non-hydrogen) atoms. The molecule has 1 saturated carbocycles. The fourth-order valence-corrected chi connectivity index (χ4v) is 3.94. The normalized spacial score (nSPS) is 23.0. The SMILES string of the molecule is NCC1(CC(=O)NCC2Cc3ccccc32)CCCCC1. The lowest BCUT2D eigenvalue weighted by Gasteiger charge is -2.36. The van der Waals surface area contributed by atoms with Crippen LogP contribution in [0.4, 0.5) is 0 Å². The summed E-state index contributed by atoms with van der Waals surface area (Å²) in [5.41, 5.74) is 8.87. The lowest BCUT2D eigenvalue weighted by atomic mass is 9.71. The zero-order valence-corrected chi connectivity index (χ0v) is 12.7. The highest BCUT2D eigenvalue weighted by Gasteiger charge is 2.33. The van der Waals surface area contributed by atoms with Crippen molar-refractivity contribution in [2.45, 2.75) is 50.9 Å². The topological polar surface area (TPSA) is 55.1 Å². The van der Waals surface area contributed by atoms with Crippen LogP contribution in [0.3, 0.4) is 0 Å². The van der Waals surface area contributed by atoms with Gasteiger partial charge in [-0.05, 0) is 42.3 Å². The van der Waals surface area contributed by atoms with Crippen LogP contribution in [-0.4, -0.2) is 19.0 Å². The van der Waals surface area contributed by atoms with Crippen LogP contribution in [-0.2, 0) is 11.2 Å². The van der Waals surface area contributed by atoms with Gasteiger partial charge in [0.25, 0.3) is 0 Å². The largest absolute Gasteiger partial charge is 0.355 e. The molecule has 3 N–H and O–H groups in total. The van der Waals surface area contributed by atoms with Gasteiger partial charge in [0, 0.05) is 18.9 Å². The Morgan fingerprint density at radius 1 is 1.24 bits per heavy atom. The second-order valence-electron chi connectivity index (χ2n) is 6.85. The number of rotatable bonds is 5. The Hall–Kier alpha value is -1.35. The summed E-state index contributed by atoms with van der Waals surface area (Å²) in [6.45, 7) is 1.42. The molecule has 114 valence electrons. The van der Waals surface area contributed by atoms with E-state index >= 15 is 0 Å². The number of hydrogen-bond acceptors (Lipinski definition) is 2. The highest BCUT2D eigenvalue weighted by Crippen LogP contribution is 2.38. The number of hydrogen-bond donors (Lipinski definition) is 2. The van der Waals surface area contributed by atoms with Crippen molar-refractivity contribution in [3.05, 3.63) is 35.4 Å². The zero-order chi connectivity index (χ0) is 14.7. The third kappa shape index (κ3) is 3.13. The summed E-state index contributed by atoms with van der Waals surface area (Å²) in [6.07, 6.45) is 7.67. The third-order valence-electron chi connectivity index (χ3n) is 5.39. The fourth-order valence-electron chi connectivity index (χ4n) is 3.94. The van der Waals surface area contributed by atoms with Crippen molar-refractivity contribution in [3.8, 4) is 0 Å². The van der Waals surface area contributed by atoms with E-state index in [4.69, 9.17) is 5.73 Å². The Labute approximate surface area is 127 Å². The molecule has 2 aliphatic rings. The summed E-state index contributed by atoms with van der Waals surface area (Å²) in [5.74, 6) is 0.692. The van der Waals surface area contributed by atoms with E-state index in [1.54, 1.807) is 0 Å². The summed E-state index contributed by atoms with van der Waals surface area (Å²) in [5, 5.41) is 3.14. The van der Waals surface area contributed by atoms with Gasteiger partial charge >= 0.3 is 0 Å². The maximum Gasteiger partial charge on any atom is 0.220 e. The zero-order valence-electron chi connectivity index (χ0n) is 12.7. The van der Waals surface area contributed by atoms with Gasteiger partial charge < -0.3 is 11.1 Å². The number of benzene rings is 1. The van der Waals surface area contributed by atoms with Crippen LogP contribution in [0.25, 0.3) is 0 Å². The maximum atomic E-state index is 12.3. The van der Waals surface area contributed by atoms with E-state index in [2.05, 4.69) is 29.6 Å². The highest BCUT2D eigenvalue weighted by atomic mass is 16.1. The second kappa shape index (κ2) is 6.18. The Kier molecular flexibility index (Phi) is 4.29. The van der Waals surface area contributed by atoms with E-state index in [1.807, 2.05) is 0 Å². The minimum absolute atomic E-state index is 0.0693. The fraction of sp³-hybridized carbons (Fsp3) is 0.611. The molecule has 1 amide bonds. The van der Waals surface area contributed by atoms with Crippen molar-refractivity contribution in [2.75, 3.05) is 13.1 Å². The molecule has 0 saturated heterocycles. The van der Waals surface area contributed by atoms with Gasteiger partial charge in [0.05, 0.1) is 0 Å². The number of fused-ring (bicyclic) bond motifs is 1. The summed E-state index contributed by atoms with van der Waals surface area (Å²) < 4.78 is 0.